The quantitative estimate of drug-likeness (QED) is 0.445. The average Bonchev–Trinajstić information content (AvgIpc) is 3.10. The fourth-order valence-corrected chi connectivity index (χ4v) is 3.84. The van der Waals surface area contributed by atoms with Crippen LogP contribution in [-0.2, 0) is 18.4 Å². The van der Waals surface area contributed by atoms with Crippen molar-refractivity contribution in [1.29, 1.82) is 0 Å². The van der Waals surface area contributed by atoms with E-state index < -0.39 is 0 Å². The summed E-state index contributed by atoms with van der Waals surface area (Å²) in [5.74, 6) is 1.68. The summed E-state index contributed by atoms with van der Waals surface area (Å²) in [5, 5.41) is 14.2. The number of nitrogens with zero attached hydrogens (tertiary/aromatic N) is 3. The highest BCUT2D eigenvalue weighted by atomic mass is 32.2. The highest BCUT2D eigenvalue weighted by Gasteiger charge is 2.13. The Labute approximate surface area is 179 Å². The third kappa shape index (κ3) is 4.63. The number of benzene rings is 3. The molecule has 0 fully saturated rings. The van der Waals surface area contributed by atoms with Gasteiger partial charge in [0.05, 0.1) is 5.75 Å². The van der Waals surface area contributed by atoms with E-state index in [0.717, 1.165) is 27.8 Å². The van der Waals surface area contributed by atoms with Crippen LogP contribution in [0.15, 0.2) is 71.9 Å². The second kappa shape index (κ2) is 9.00. The largest absolute Gasteiger partial charge is 0.485 e. The van der Waals surface area contributed by atoms with Crippen molar-refractivity contribution in [2.75, 3.05) is 11.1 Å². The molecule has 4 aromatic rings. The molecule has 3 aromatic carbocycles. The number of hydrogen-bond donors (Lipinski definition) is 1. The van der Waals surface area contributed by atoms with Crippen LogP contribution in [-0.4, -0.2) is 26.4 Å². The van der Waals surface area contributed by atoms with Crippen molar-refractivity contribution in [3.63, 3.8) is 0 Å². The van der Waals surface area contributed by atoms with E-state index >= 15 is 0 Å². The Hall–Kier alpha value is -3.32. The van der Waals surface area contributed by atoms with E-state index in [1.54, 1.807) is 0 Å². The van der Waals surface area contributed by atoms with Crippen molar-refractivity contribution < 1.29 is 9.53 Å². The Morgan fingerprint density at radius 2 is 1.87 bits per heavy atom. The molecule has 0 spiro atoms. The number of ether oxygens (including phenoxy) is 1. The van der Waals surface area contributed by atoms with Crippen LogP contribution in [0.25, 0.3) is 10.8 Å². The molecule has 1 heterocycles. The number of amides is 1. The molecule has 0 atom stereocenters. The molecule has 0 unspecified atom stereocenters. The van der Waals surface area contributed by atoms with Gasteiger partial charge in [0.2, 0.25) is 5.91 Å². The molecule has 1 aromatic heterocycles. The van der Waals surface area contributed by atoms with E-state index in [9.17, 15) is 4.79 Å². The minimum Gasteiger partial charge on any atom is -0.485 e. The van der Waals surface area contributed by atoms with Gasteiger partial charge in [0.1, 0.15) is 12.4 Å². The summed E-state index contributed by atoms with van der Waals surface area (Å²) in [6.45, 7) is 2.29. The molecule has 1 amide bonds. The lowest BCUT2D eigenvalue weighted by molar-refractivity contribution is -0.113. The van der Waals surface area contributed by atoms with E-state index in [-0.39, 0.29) is 11.7 Å². The highest BCUT2D eigenvalue weighted by molar-refractivity contribution is 7.99. The molecule has 0 saturated heterocycles. The number of aryl methyl sites for hydroxylation is 1. The van der Waals surface area contributed by atoms with Crippen molar-refractivity contribution in [2.24, 2.45) is 7.05 Å². The Kier molecular flexibility index (Phi) is 5.99. The van der Waals surface area contributed by atoms with Gasteiger partial charge >= 0.3 is 0 Å². The van der Waals surface area contributed by atoms with Crippen LogP contribution in [0.5, 0.6) is 5.75 Å². The first-order valence-electron chi connectivity index (χ1n) is 9.58. The first-order chi connectivity index (χ1) is 14.6. The summed E-state index contributed by atoms with van der Waals surface area (Å²) < 4.78 is 7.86. The van der Waals surface area contributed by atoms with Gasteiger partial charge < -0.3 is 14.6 Å². The predicted molar refractivity (Wildman–Crippen MR) is 120 cm³/mol. The Bertz CT molecular complexity index is 1180. The number of carbonyl (C=O) groups is 1. The third-order valence-corrected chi connectivity index (χ3v) is 5.69. The van der Waals surface area contributed by atoms with E-state index in [0.29, 0.717) is 17.6 Å². The van der Waals surface area contributed by atoms with Gasteiger partial charge in [-0.05, 0) is 36.1 Å². The second-order valence-electron chi connectivity index (χ2n) is 6.93. The number of nitrogens with one attached hydrogen (secondary N) is 1. The van der Waals surface area contributed by atoms with E-state index in [1.807, 2.05) is 73.1 Å². The standard InChI is InChI=1S/C23H22N4O2S/c1-16-7-5-10-18(13-16)24-22(28)15-30-23-26-25-21(27(23)2)14-29-20-12-6-9-17-8-3-4-11-19(17)20/h3-13H,14-15H2,1-2H3,(H,24,28). The number of hydrogen-bond acceptors (Lipinski definition) is 5. The number of carbonyl (C=O) groups excluding carboxylic acids is 1. The van der Waals surface area contributed by atoms with Crippen LogP contribution < -0.4 is 10.1 Å². The van der Waals surface area contributed by atoms with Crippen LogP contribution in [0.3, 0.4) is 0 Å². The summed E-state index contributed by atoms with van der Waals surface area (Å²) in [5.41, 5.74) is 1.90. The smallest absolute Gasteiger partial charge is 0.234 e. The first kappa shape index (κ1) is 20.0. The van der Waals surface area contributed by atoms with Gasteiger partial charge in [0, 0.05) is 18.1 Å². The predicted octanol–water partition coefficient (Wildman–Crippen LogP) is 4.59. The number of thioether (sulfide) groups is 1. The summed E-state index contributed by atoms with van der Waals surface area (Å²) in [7, 11) is 1.88. The lowest BCUT2D eigenvalue weighted by atomic mass is 10.1. The Morgan fingerprint density at radius 3 is 2.73 bits per heavy atom. The summed E-state index contributed by atoms with van der Waals surface area (Å²) in [6.07, 6.45) is 0. The summed E-state index contributed by atoms with van der Waals surface area (Å²) >= 11 is 1.35. The van der Waals surface area contributed by atoms with Gasteiger partial charge in [-0.15, -0.1) is 10.2 Å². The second-order valence-corrected chi connectivity index (χ2v) is 7.87. The maximum atomic E-state index is 12.2. The average molecular weight is 419 g/mol. The molecule has 0 aliphatic heterocycles. The maximum Gasteiger partial charge on any atom is 0.234 e. The molecule has 152 valence electrons. The minimum atomic E-state index is -0.0813. The molecule has 0 aliphatic rings. The molecule has 30 heavy (non-hydrogen) atoms. The number of rotatable bonds is 7. The van der Waals surface area contributed by atoms with Crippen LogP contribution >= 0.6 is 11.8 Å². The SMILES string of the molecule is Cc1cccc(NC(=O)CSc2nnc(COc3cccc4ccccc34)n2C)c1. The third-order valence-electron chi connectivity index (χ3n) is 4.67. The summed E-state index contributed by atoms with van der Waals surface area (Å²) in [6, 6.07) is 21.8. The highest BCUT2D eigenvalue weighted by Crippen LogP contribution is 2.26. The zero-order chi connectivity index (χ0) is 20.9. The van der Waals surface area contributed by atoms with Crippen molar-refractivity contribution in [1.82, 2.24) is 14.8 Å². The molecule has 0 radical (unpaired) electrons. The van der Waals surface area contributed by atoms with Gasteiger partial charge in [0.15, 0.2) is 11.0 Å². The molecule has 0 bridgehead atoms. The van der Waals surface area contributed by atoms with Gasteiger partial charge in [-0.1, -0.05) is 60.3 Å². The number of anilines is 1. The van der Waals surface area contributed by atoms with E-state index in [4.69, 9.17) is 4.74 Å². The lowest BCUT2D eigenvalue weighted by Crippen LogP contribution is -2.14. The van der Waals surface area contributed by atoms with Crippen molar-refractivity contribution in [3.8, 4) is 5.75 Å². The van der Waals surface area contributed by atoms with Gasteiger partial charge in [0.25, 0.3) is 0 Å². The van der Waals surface area contributed by atoms with Gasteiger partial charge in [-0.3, -0.25) is 4.79 Å². The Balaban J connectivity index is 1.36. The zero-order valence-corrected chi connectivity index (χ0v) is 17.6. The molecule has 6 nitrogen and oxygen atoms in total. The topological polar surface area (TPSA) is 69.0 Å². The van der Waals surface area contributed by atoms with Crippen molar-refractivity contribution >= 4 is 34.1 Å². The van der Waals surface area contributed by atoms with E-state index in [2.05, 4.69) is 27.6 Å². The maximum absolute atomic E-state index is 12.2. The molecular formula is C23H22N4O2S. The van der Waals surface area contributed by atoms with Gasteiger partial charge in [-0.2, -0.15) is 0 Å². The lowest BCUT2D eigenvalue weighted by Gasteiger charge is -2.09. The van der Waals surface area contributed by atoms with Crippen LogP contribution in [0.1, 0.15) is 11.4 Å². The fraction of sp³-hybridized carbons (Fsp3) is 0.174. The van der Waals surface area contributed by atoms with Crippen molar-refractivity contribution in [2.45, 2.75) is 18.7 Å². The van der Waals surface area contributed by atoms with Crippen molar-refractivity contribution in [3.05, 3.63) is 78.1 Å². The minimum absolute atomic E-state index is 0.0813. The zero-order valence-electron chi connectivity index (χ0n) is 16.8. The van der Waals surface area contributed by atoms with Crippen LogP contribution in [0.4, 0.5) is 5.69 Å². The Morgan fingerprint density at radius 1 is 1.07 bits per heavy atom. The number of aromatic nitrogens is 3. The molecule has 4 rings (SSSR count). The number of fused-ring (bicyclic) bond motifs is 1. The molecule has 1 N–H and O–H groups in total. The first-order valence-corrected chi connectivity index (χ1v) is 10.6. The fourth-order valence-electron chi connectivity index (χ4n) is 3.11. The monoisotopic (exact) mass is 418 g/mol. The summed E-state index contributed by atoms with van der Waals surface area (Å²) in [4.78, 5) is 12.2. The molecule has 0 saturated carbocycles. The normalized spacial score (nSPS) is 10.9. The van der Waals surface area contributed by atoms with E-state index in [1.165, 1.54) is 11.8 Å². The van der Waals surface area contributed by atoms with Crippen LogP contribution in [0, 0.1) is 6.92 Å². The molecule has 7 heteroatoms. The molecule has 0 aliphatic carbocycles. The van der Waals surface area contributed by atoms with Gasteiger partial charge in [-0.25, -0.2) is 0 Å². The van der Waals surface area contributed by atoms with Crippen LogP contribution in [0.2, 0.25) is 0 Å². The molecular weight excluding hydrogens is 396 g/mol.